The van der Waals surface area contributed by atoms with Gasteiger partial charge >= 0.3 is 12.0 Å². The summed E-state index contributed by atoms with van der Waals surface area (Å²) in [7, 11) is 0. The number of hydrogen-bond donors (Lipinski definition) is 2. The molecule has 0 saturated heterocycles. The number of nitrogens with zero attached hydrogens (tertiary/aromatic N) is 1. The molecular formula is C30H35FN2O6. The Morgan fingerprint density at radius 3 is 2.21 bits per heavy atom. The molecule has 3 aromatic carbocycles. The minimum Gasteiger partial charge on any atom is -0.494 e. The summed E-state index contributed by atoms with van der Waals surface area (Å²) >= 11 is 0. The van der Waals surface area contributed by atoms with Gasteiger partial charge in [0.25, 0.3) is 0 Å². The van der Waals surface area contributed by atoms with Gasteiger partial charge in [0, 0.05) is 25.3 Å². The first-order valence-corrected chi connectivity index (χ1v) is 12.9. The molecule has 3 aromatic rings. The molecule has 0 spiro atoms. The number of carboxylic acids is 1. The Balaban J connectivity index is 1.54. The predicted octanol–water partition coefficient (Wildman–Crippen LogP) is 5.55. The van der Waals surface area contributed by atoms with Crippen LogP contribution < -0.4 is 14.8 Å². The van der Waals surface area contributed by atoms with Crippen molar-refractivity contribution in [3.8, 4) is 11.5 Å². The Kier molecular flexibility index (Phi) is 11.6. The van der Waals surface area contributed by atoms with Crippen molar-refractivity contribution >= 4 is 17.7 Å². The molecule has 39 heavy (non-hydrogen) atoms. The lowest BCUT2D eigenvalue weighted by Gasteiger charge is -2.24. The number of carbonyl (C=O) groups is 2. The van der Waals surface area contributed by atoms with E-state index < -0.39 is 12.1 Å². The van der Waals surface area contributed by atoms with Crippen molar-refractivity contribution in [3.05, 3.63) is 89.7 Å². The number of halogens is 1. The molecule has 0 aliphatic carbocycles. The quantitative estimate of drug-likeness (QED) is 0.246. The Labute approximate surface area is 228 Å². The van der Waals surface area contributed by atoms with Crippen molar-refractivity contribution in [1.29, 1.82) is 0 Å². The van der Waals surface area contributed by atoms with E-state index in [2.05, 4.69) is 5.32 Å². The molecule has 0 bridgehead atoms. The molecule has 0 radical (unpaired) electrons. The van der Waals surface area contributed by atoms with E-state index in [9.17, 15) is 19.1 Å². The van der Waals surface area contributed by atoms with Crippen LogP contribution in [0.3, 0.4) is 0 Å². The van der Waals surface area contributed by atoms with E-state index in [1.165, 1.54) is 12.1 Å². The van der Waals surface area contributed by atoms with E-state index in [1.807, 2.05) is 31.2 Å². The number of benzene rings is 3. The summed E-state index contributed by atoms with van der Waals surface area (Å²) in [6.07, 6.45) is -0.0668. The van der Waals surface area contributed by atoms with E-state index in [0.29, 0.717) is 44.2 Å². The molecule has 0 aromatic heterocycles. The molecule has 0 heterocycles. The largest absolute Gasteiger partial charge is 0.494 e. The number of aryl methyl sites for hydroxylation is 1. The number of rotatable bonds is 15. The molecular weight excluding hydrogens is 503 g/mol. The van der Waals surface area contributed by atoms with E-state index in [4.69, 9.17) is 14.2 Å². The zero-order chi connectivity index (χ0) is 28.0. The van der Waals surface area contributed by atoms with Gasteiger partial charge in [0.1, 0.15) is 23.9 Å². The van der Waals surface area contributed by atoms with Gasteiger partial charge in [-0.1, -0.05) is 30.3 Å². The van der Waals surface area contributed by atoms with Crippen LogP contribution in [-0.2, 0) is 16.0 Å². The van der Waals surface area contributed by atoms with Crippen LogP contribution in [0.1, 0.15) is 24.5 Å². The molecule has 3 rings (SSSR count). The minimum atomic E-state index is -0.996. The molecule has 9 heteroatoms. The summed E-state index contributed by atoms with van der Waals surface area (Å²) in [5.41, 5.74) is 2.51. The summed E-state index contributed by atoms with van der Waals surface area (Å²) in [6.45, 7) is 5.39. The van der Waals surface area contributed by atoms with Crippen molar-refractivity contribution in [2.75, 3.05) is 38.2 Å². The van der Waals surface area contributed by atoms with Crippen LogP contribution in [0.2, 0.25) is 0 Å². The average molecular weight is 539 g/mol. The zero-order valence-corrected chi connectivity index (χ0v) is 22.3. The highest BCUT2D eigenvalue weighted by Gasteiger charge is 2.18. The van der Waals surface area contributed by atoms with E-state index in [0.717, 1.165) is 16.8 Å². The van der Waals surface area contributed by atoms with E-state index in [1.54, 1.807) is 48.2 Å². The van der Waals surface area contributed by atoms with Crippen molar-refractivity contribution in [1.82, 2.24) is 4.90 Å². The standard InChI is InChI=1S/C30H35FN2O6/c1-3-37-28(29(34)35)21-23-9-13-25(14-10-23)39-20-18-33(30(36)32-27-8-5-4-7-22(27)2)17-6-19-38-26-15-11-24(31)12-16-26/h4-5,7-16,28H,3,6,17-21H2,1-2H3,(H,32,36)(H,34,35). The number of carbonyl (C=O) groups excluding carboxylic acids is 1. The topological polar surface area (TPSA) is 97.3 Å². The maximum atomic E-state index is 13.1. The van der Waals surface area contributed by atoms with E-state index >= 15 is 0 Å². The van der Waals surface area contributed by atoms with Gasteiger partial charge in [0.05, 0.1) is 13.2 Å². The van der Waals surface area contributed by atoms with Crippen LogP contribution >= 0.6 is 0 Å². The van der Waals surface area contributed by atoms with Crippen LogP contribution in [0.4, 0.5) is 14.9 Å². The maximum absolute atomic E-state index is 13.1. The van der Waals surface area contributed by atoms with Crippen molar-refractivity contribution in [3.63, 3.8) is 0 Å². The third-order valence-electron chi connectivity index (χ3n) is 5.95. The Bertz CT molecular complexity index is 1190. The number of para-hydroxylation sites is 1. The van der Waals surface area contributed by atoms with Gasteiger partial charge in [-0.3, -0.25) is 0 Å². The Hall–Kier alpha value is -4.11. The van der Waals surface area contributed by atoms with Gasteiger partial charge in [0.15, 0.2) is 6.10 Å². The second-order valence-electron chi connectivity index (χ2n) is 8.87. The van der Waals surface area contributed by atoms with Gasteiger partial charge in [-0.2, -0.15) is 0 Å². The number of aliphatic carboxylic acids is 1. The molecule has 0 fully saturated rings. The third-order valence-corrected chi connectivity index (χ3v) is 5.95. The molecule has 0 saturated carbocycles. The highest BCUT2D eigenvalue weighted by Crippen LogP contribution is 2.17. The van der Waals surface area contributed by atoms with Gasteiger partial charge in [-0.25, -0.2) is 14.0 Å². The maximum Gasteiger partial charge on any atom is 0.333 e. The lowest BCUT2D eigenvalue weighted by atomic mass is 10.1. The van der Waals surface area contributed by atoms with Crippen LogP contribution in [0.5, 0.6) is 11.5 Å². The number of amides is 2. The number of urea groups is 1. The van der Waals surface area contributed by atoms with Crippen molar-refractivity contribution < 1.29 is 33.3 Å². The molecule has 0 aliphatic heterocycles. The fourth-order valence-electron chi connectivity index (χ4n) is 3.83. The molecule has 0 aliphatic rings. The lowest BCUT2D eigenvalue weighted by Crippen LogP contribution is -2.39. The highest BCUT2D eigenvalue weighted by molar-refractivity contribution is 5.90. The second kappa shape index (κ2) is 15.3. The number of hydrogen-bond acceptors (Lipinski definition) is 5. The summed E-state index contributed by atoms with van der Waals surface area (Å²) in [4.78, 5) is 26.1. The minimum absolute atomic E-state index is 0.249. The van der Waals surface area contributed by atoms with Crippen molar-refractivity contribution in [2.24, 2.45) is 0 Å². The fraction of sp³-hybridized carbons (Fsp3) is 0.333. The molecule has 1 unspecified atom stereocenters. The summed E-state index contributed by atoms with van der Waals surface area (Å²) in [6, 6.07) is 20.3. The smallest absolute Gasteiger partial charge is 0.333 e. The van der Waals surface area contributed by atoms with Gasteiger partial charge < -0.3 is 29.5 Å². The summed E-state index contributed by atoms with van der Waals surface area (Å²) in [5, 5.41) is 12.2. The number of ether oxygens (including phenoxy) is 3. The highest BCUT2D eigenvalue weighted by atomic mass is 19.1. The summed E-state index contributed by atoms with van der Waals surface area (Å²) < 4.78 is 29.9. The predicted molar refractivity (Wildman–Crippen MR) is 147 cm³/mol. The Morgan fingerprint density at radius 1 is 0.923 bits per heavy atom. The van der Waals surface area contributed by atoms with Crippen LogP contribution in [-0.4, -0.2) is 61.0 Å². The molecule has 1 atom stereocenters. The van der Waals surface area contributed by atoms with Crippen molar-refractivity contribution in [2.45, 2.75) is 32.8 Å². The zero-order valence-electron chi connectivity index (χ0n) is 22.3. The first-order chi connectivity index (χ1) is 18.9. The normalized spacial score (nSPS) is 11.5. The van der Waals surface area contributed by atoms with Gasteiger partial charge in [-0.05, 0) is 73.9 Å². The fourth-order valence-corrected chi connectivity index (χ4v) is 3.83. The SMILES string of the molecule is CCOC(Cc1ccc(OCCN(CCCOc2ccc(F)cc2)C(=O)Nc2ccccc2C)cc1)C(=O)O. The lowest BCUT2D eigenvalue weighted by molar-refractivity contribution is -0.149. The number of carboxylic acid groups (broad SMARTS) is 1. The van der Waals surface area contributed by atoms with E-state index in [-0.39, 0.29) is 24.9 Å². The molecule has 2 amide bonds. The van der Waals surface area contributed by atoms with Crippen LogP contribution in [0, 0.1) is 12.7 Å². The first-order valence-electron chi connectivity index (χ1n) is 12.9. The number of anilines is 1. The monoisotopic (exact) mass is 538 g/mol. The Morgan fingerprint density at radius 2 is 1.56 bits per heavy atom. The molecule has 208 valence electrons. The average Bonchev–Trinajstić information content (AvgIpc) is 2.92. The van der Waals surface area contributed by atoms with Gasteiger partial charge in [-0.15, -0.1) is 0 Å². The van der Waals surface area contributed by atoms with Crippen LogP contribution in [0.25, 0.3) is 0 Å². The van der Waals surface area contributed by atoms with Crippen LogP contribution in [0.15, 0.2) is 72.8 Å². The molecule has 2 N–H and O–H groups in total. The van der Waals surface area contributed by atoms with Gasteiger partial charge in [0.2, 0.25) is 0 Å². The number of nitrogens with one attached hydrogen (secondary N) is 1. The third kappa shape index (κ3) is 9.94. The molecule has 8 nitrogen and oxygen atoms in total. The second-order valence-corrected chi connectivity index (χ2v) is 8.87. The summed E-state index contributed by atoms with van der Waals surface area (Å²) in [5.74, 6) is -0.147. The first kappa shape index (κ1) is 29.4.